The molecule has 1 heterocycles. The van der Waals surface area contributed by atoms with Gasteiger partial charge in [0.2, 0.25) is 0 Å². The van der Waals surface area contributed by atoms with E-state index in [9.17, 15) is 4.79 Å². The van der Waals surface area contributed by atoms with Crippen LogP contribution in [0.4, 0.5) is 0 Å². The van der Waals surface area contributed by atoms with E-state index in [0.717, 1.165) is 23.5 Å². The first-order chi connectivity index (χ1) is 7.72. The third-order valence-corrected chi connectivity index (χ3v) is 2.83. The van der Waals surface area contributed by atoms with Crippen molar-refractivity contribution in [2.75, 3.05) is 13.2 Å². The van der Waals surface area contributed by atoms with Crippen molar-refractivity contribution in [3.05, 3.63) is 16.1 Å². The number of ether oxygens (including phenoxy) is 1. The van der Waals surface area contributed by atoms with Gasteiger partial charge in [-0.25, -0.2) is 4.98 Å². The lowest BCUT2D eigenvalue weighted by Gasteiger charge is -2.04. The molecule has 0 aliphatic heterocycles. The fourth-order valence-electron chi connectivity index (χ4n) is 1.16. The highest BCUT2D eigenvalue weighted by Gasteiger charge is 2.03. The number of hydrogen-bond acceptors (Lipinski definition) is 5. The van der Waals surface area contributed by atoms with Crippen LogP contribution in [0.2, 0.25) is 0 Å². The molecule has 0 bridgehead atoms. The maximum Gasteiger partial charge on any atom is 0.319 e. The first kappa shape index (κ1) is 13.1. The summed E-state index contributed by atoms with van der Waals surface area (Å²) in [6, 6.07) is 0. The normalized spacial score (nSPS) is 10.4. The highest BCUT2D eigenvalue weighted by molar-refractivity contribution is 7.09. The van der Waals surface area contributed by atoms with Crippen molar-refractivity contribution in [3.8, 4) is 0 Å². The minimum Gasteiger partial charge on any atom is -0.465 e. The largest absolute Gasteiger partial charge is 0.465 e. The van der Waals surface area contributed by atoms with Crippen molar-refractivity contribution in [1.82, 2.24) is 10.3 Å². The lowest BCUT2D eigenvalue weighted by molar-refractivity contribution is -0.142. The highest BCUT2D eigenvalue weighted by Crippen LogP contribution is 2.06. The standard InChI is InChI=1S/C11H18N2O2S/c1-3-4-5-15-11(14)7-12-6-10-8-16-9(2)13-10/h8,12H,3-7H2,1-2H3. The lowest BCUT2D eigenvalue weighted by Crippen LogP contribution is -2.24. The first-order valence-electron chi connectivity index (χ1n) is 5.49. The molecule has 0 aliphatic carbocycles. The maximum atomic E-state index is 11.2. The Labute approximate surface area is 100 Å². The van der Waals surface area contributed by atoms with Crippen LogP contribution in [0.3, 0.4) is 0 Å². The summed E-state index contributed by atoms with van der Waals surface area (Å²) in [6.45, 7) is 5.42. The second-order valence-electron chi connectivity index (χ2n) is 3.54. The van der Waals surface area contributed by atoms with Gasteiger partial charge in [-0.1, -0.05) is 13.3 Å². The molecule has 0 aliphatic rings. The second-order valence-corrected chi connectivity index (χ2v) is 4.60. The number of nitrogens with zero attached hydrogens (tertiary/aromatic N) is 1. The van der Waals surface area contributed by atoms with Crippen molar-refractivity contribution in [2.45, 2.75) is 33.2 Å². The number of nitrogens with one attached hydrogen (secondary N) is 1. The zero-order valence-corrected chi connectivity index (χ0v) is 10.6. The molecular formula is C11H18N2O2S. The lowest BCUT2D eigenvalue weighted by atomic mass is 10.4. The molecule has 0 amide bonds. The Bertz CT molecular complexity index is 326. The monoisotopic (exact) mass is 242 g/mol. The third-order valence-electron chi connectivity index (χ3n) is 2.00. The SMILES string of the molecule is CCCCOC(=O)CNCc1csc(C)n1. The molecule has 0 saturated carbocycles. The molecule has 4 nitrogen and oxygen atoms in total. The van der Waals surface area contributed by atoms with Crippen molar-refractivity contribution in [1.29, 1.82) is 0 Å². The molecule has 0 radical (unpaired) electrons. The molecule has 0 saturated heterocycles. The fourth-order valence-corrected chi connectivity index (χ4v) is 1.78. The molecule has 0 aromatic carbocycles. The zero-order valence-electron chi connectivity index (χ0n) is 9.78. The number of aryl methyl sites for hydroxylation is 1. The summed E-state index contributed by atoms with van der Waals surface area (Å²) >= 11 is 1.61. The van der Waals surface area contributed by atoms with Gasteiger partial charge < -0.3 is 10.1 Å². The summed E-state index contributed by atoms with van der Waals surface area (Å²) in [5.74, 6) is -0.194. The number of carbonyl (C=O) groups excluding carboxylic acids is 1. The van der Waals surface area contributed by atoms with Gasteiger partial charge in [-0.3, -0.25) is 4.79 Å². The van der Waals surface area contributed by atoms with Crippen LogP contribution in [0.15, 0.2) is 5.38 Å². The second kappa shape index (κ2) is 7.35. The minimum atomic E-state index is -0.194. The summed E-state index contributed by atoms with van der Waals surface area (Å²) in [6.07, 6.45) is 1.97. The molecule has 1 N–H and O–H groups in total. The Balaban J connectivity index is 2.08. The molecule has 1 aromatic rings. The molecule has 0 atom stereocenters. The van der Waals surface area contributed by atoms with Gasteiger partial charge >= 0.3 is 5.97 Å². The Morgan fingerprint density at radius 1 is 1.62 bits per heavy atom. The minimum absolute atomic E-state index is 0.194. The van der Waals surface area contributed by atoms with Crippen LogP contribution in [-0.2, 0) is 16.1 Å². The predicted octanol–water partition coefficient (Wildman–Crippen LogP) is 1.88. The van der Waals surface area contributed by atoms with E-state index >= 15 is 0 Å². The van der Waals surface area contributed by atoms with Crippen LogP contribution in [0, 0.1) is 6.92 Å². The van der Waals surface area contributed by atoms with Crippen LogP contribution in [-0.4, -0.2) is 24.1 Å². The Kier molecular flexibility index (Phi) is 6.03. The van der Waals surface area contributed by atoms with Gasteiger partial charge in [0, 0.05) is 11.9 Å². The third kappa shape index (κ3) is 5.23. The molecule has 16 heavy (non-hydrogen) atoms. The average Bonchev–Trinajstić information content (AvgIpc) is 2.65. The number of carbonyl (C=O) groups is 1. The summed E-state index contributed by atoms with van der Waals surface area (Å²) in [4.78, 5) is 15.5. The van der Waals surface area contributed by atoms with Crippen LogP contribution in [0.1, 0.15) is 30.5 Å². The van der Waals surface area contributed by atoms with E-state index in [1.165, 1.54) is 0 Å². The Morgan fingerprint density at radius 2 is 2.44 bits per heavy atom. The highest BCUT2D eigenvalue weighted by atomic mass is 32.1. The molecule has 0 unspecified atom stereocenters. The fraction of sp³-hybridized carbons (Fsp3) is 0.636. The number of esters is 1. The molecule has 0 fully saturated rings. The summed E-state index contributed by atoms with van der Waals surface area (Å²) < 4.78 is 5.01. The van der Waals surface area contributed by atoms with Crippen molar-refractivity contribution >= 4 is 17.3 Å². The molecule has 5 heteroatoms. The van der Waals surface area contributed by atoms with Gasteiger partial charge in [-0.15, -0.1) is 11.3 Å². The van der Waals surface area contributed by atoms with Gasteiger partial charge in [0.1, 0.15) is 0 Å². The number of thiazole rings is 1. The number of unbranched alkanes of at least 4 members (excludes halogenated alkanes) is 1. The van der Waals surface area contributed by atoms with Gasteiger partial charge in [-0.05, 0) is 13.3 Å². The summed E-state index contributed by atoms with van der Waals surface area (Å²) in [5.41, 5.74) is 0.976. The van der Waals surface area contributed by atoms with E-state index in [4.69, 9.17) is 4.74 Å². The van der Waals surface area contributed by atoms with E-state index in [2.05, 4.69) is 17.2 Å². The summed E-state index contributed by atoms with van der Waals surface area (Å²) in [7, 11) is 0. The van der Waals surface area contributed by atoms with Gasteiger partial charge in [-0.2, -0.15) is 0 Å². The van der Waals surface area contributed by atoms with Gasteiger partial charge in [0.05, 0.1) is 23.9 Å². The van der Waals surface area contributed by atoms with Crippen LogP contribution in [0.5, 0.6) is 0 Å². The average molecular weight is 242 g/mol. The molecular weight excluding hydrogens is 224 g/mol. The van der Waals surface area contributed by atoms with Crippen LogP contribution >= 0.6 is 11.3 Å². The number of aromatic nitrogens is 1. The number of rotatable bonds is 7. The molecule has 1 aromatic heterocycles. The topological polar surface area (TPSA) is 51.2 Å². The van der Waals surface area contributed by atoms with E-state index in [1.807, 2.05) is 12.3 Å². The van der Waals surface area contributed by atoms with Crippen molar-refractivity contribution in [3.63, 3.8) is 0 Å². The van der Waals surface area contributed by atoms with Gasteiger partial charge in [0.15, 0.2) is 0 Å². The smallest absolute Gasteiger partial charge is 0.319 e. The maximum absolute atomic E-state index is 11.2. The van der Waals surface area contributed by atoms with Crippen LogP contribution < -0.4 is 5.32 Å². The number of hydrogen-bond donors (Lipinski definition) is 1. The van der Waals surface area contributed by atoms with Crippen molar-refractivity contribution in [2.24, 2.45) is 0 Å². The zero-order chi connectivity index (χ0) is 11.8. The first-order valence-corrected chi connectivity index (χ1v) is 6.37. The summed E-state index contributed by atoms with van der Waals surface area (Å²) in [5, 5.41) is 6.05. The van der Waals surface area contributed by atoms with E-state index < -0.39 is 0 Å². The van der Waals surface area contributed by atoms with E-state index in [1.54, 1.807) is 11.3 Å². The Hall–Kier alpha value is -0.940. The van der Waals surface area contributed by atoms with E-state index in [-0.39, 0.29) is 12.5 Å². The predicted molar refractivity (Wildman–Crippen MR) is 64.4 cm³/mol. The van der Waals surface area contributed by atoms with Crippen LogP contribution in [0.25, 0.3) is 0 Å². The Morgan fingerprint density at radius 3 is 3.06 bits per heavy atom. The van der Waals surface area contributed by atoms with Crippen molar-refractivity contribution < 1.29 is 9.53 Å². The quantitative estimate of drug-likeness (QED) is 0.586. The van der Waals surface area contributed by atoms with Gasteiger partial charge in [0.25, 0.3) is 0 Å². The van der Waals surface area contributed by atoms with E-state index in [0.29, 0.717) is 13.2 Å². The molecule has 0 spiro atoms. The molecule has 1 rings (SSSR count). The molecule has 90 valence electrons.